The number of nitrogens with zero attached hydrogens (tertiary/aromatic N) is 3. The predicted octanol–water partition coefficient (Wildman–Crippen LogP) is 18.0. The number of benzene rings is 12. The molecule has 0 radical (unpaired) electrons. The van der Waals surface area contributed by atoms with E-state index in [1.54, 1.807) is 0 Å². The van der Waals surface area contributed by atoms with Crippen LogP contribution in [0, 0.1) is 0 Å². The Morgan fingerprint density at radius 1 is 0.239 bits per heavy atom. The Morgan fingerprint density at radius 2 is 0.672 bits per heavy atom. The van der Waals surface area contributed by atoms with E-state index in [0.29, 0.717) is 0 Å². The van der Waals surface area contributed by atoms with Gasteiger partial charge >= 0.3 is 0 Å². The summed E-state index contributed by atoms with van der Waals surface area (Å²) in [5, 5.41) is 12.3. The molecule has 0 saturated carbocycles. The Kier molecular flexibility index (Phi) is 9.17. The van der Waals surface area contributed by atoms with Gasteiger partial charge in [0.05, 0.1) is 11.0 Å². The molecular formula is C64H43N3. The largest absolute Gasteiger partial charge is 0.310 e. The second-order valence-electron chi connectivity index (χ2n) is 17.3. The first-order valence-corrected chi connectivity index (χ1v) is 23.0. The van der Waals surface area contributed by atoms with Gasteiger partial charge in [0.1, 0.15) is 0 Å². The van der Waals surface area contributed by atoms with Crippen LogP contribution in [0.4, 0.5) is 34.1 Å². The highest BCUT2D eigenvalue weighted by molar-refractivity contribution is 6.31. The minimum Gasteiger partial charge on any atom is -0.310 e. The first kappa shape index (κ1) is 38.5. The molecule has 314 valence electrons. The number of para-hydroxylation sites is 5. The van der Waals surface area contributed by atoms with Crippen LogP contribution in [-0.2, 0) is 0 Å². The smallest absolute Gasteiger partial charge is 0.0547 e. The van der Waals surface area contributed by atoms with Crippen molar-refractivity contribution in [3.63, 3.8) is 0 Å². The van der Waals surface area contributed by atoms with E-state index in [0.717, 1.165) is 39.8 Å². The molecule has 0 aliphatic carbocycles. The fourth-order valence-electron chi connectivity index (χ4n) is 10.5. The Bertz CT molecular complexity index is 3860. The summed E-state index contributed by atoms with van der Waals surface area (Å²) < 4.78 is 2.43. The highest BCUT2D eigenvalue weighted by atomic mass is 15.1. The van der Waals surface area contributed by atoms with E-state index >= 15 is 0 Å². The van der Waals surface area contributed by atoms with Crippen LogP contribution in [0.25, 0.3) is 81.7 Å². The Morgan fingerprint density at radius 3 is 1.19 bits per heavy atom. The van der Waals surface area contributed by atoms with Gasteiger partial charge in [-0.1, -0.05) is 152 Å². The van der Waals surface area contributed by atoms with Crippen molar-refractivity contribution in [2.75, 3.05) is 9.80 Å². The summed E-state index contributed by atoms with van der Waals surface area (Å²) in [5.41, 5.74) is 12.6. The molecule has 3 heteroatoms. The van der Waals surface area contributed by atoms with Crippen LogP contribution < -0.4 is 9.80 Å². The molecule has 0 unspecified atom stereocenters. The zero-order valence-electron chi connectivity index (χ0n) is 36.7. The quantitative estimate of drug-likeness (QED) is 0.111. The maximum Gasteiger partial charge on any atom is 0.0547 e. The van der Waals surface area contributed by atoms with Crippen LogP contribution in [-0.4, -0.2) is 4.57 Å². The third-order valence-electron chi connectivity index (χ3n) is 13.5. The van der Waals surface area contributed by atoms with Crippen molar-refractivity contribution < 1.29 is 0 Å². The molecule has 67 heavy (non-hydrogen) atoms. The Labute approximate surface area is 389 Å². The van der Waals surface area contributed by atoms with Gasteiger partial charge in [0.25, 0.3) is 0 Å². The molecule has 1 heterocycles. The van der Waals surface area contributed by atoms with Gasteiger partial charge in [-0.25, -0.2) is 0 Å². The van der Waals surface area contributed by atoms with Crippen LogP contribution in [0.1, 0.15) is 0 Å². The average molecular weight is 854 g/mol. The molecule has 3 nitrogen and oxygen atoms in total. The van der Waals surface area contributed by atoms with Crippen LogP contribution in [0.2, 0.25) is 0 Å². The highest BCUT2D eigenvalue weighted by Gasteiger charge is 2.21. The average Bonchev–Trinajstić information content (AvgIpc) is 3.75. The second-order valence-corrected chi connectivity index (χ2v) is 17.3. The fourth-order valence-corrected chi connectivity index (χ4v) is 10.5. The molecule has 0 N–H and O–H groups in total. The maximum atomic E-state index is 2.48. The predicted molar refractivity (Wildman–Crippen MR) is 286 cm³/mol. The molecule has 0 spiro atoms. The lowest BCUT2D eigenvalue weighted by atomic mass is 9.90. The van der Waals surface area contributed by atoms with E-state index in [9.17, 15) is 0 Å². The summed E-state index contributed by atoms with van der Waals surface area (Å²) >= 11 is 0. The van der Waals surface area contributed by atoms with Crippen molar-refractivity contribution in [2.24, 2.45) is 0 Å². The van der Waals surface area contributed by atoms with Crippen molar-refractivity contribution in [3.05, 3.63) is 261 Å². The fraction of sp³-hybridized carbons (Fsp3) is 0. The first-order chi connectivity index (χ1) is 33.2. The van der Waals surface area contributed by atoms with Crippen LogP contribution in [0.15, 0.2) is 261 Å². The number of aromatic nitrogens is 1. The summed E-state index contributed by atoms with van der Waals surface area (Å²) in [7, 11) is 0. The van der Waals surface area contributed by atoms with E-state index in [2.05, 4.69) is 275 Å². The van der Waals surface area contributed by atoms with E-state index in [-0.39, 0.29) is 0 Å². The molecule has 0 bridgehead atoms. The number of rotatable bonds is 8. The van der Waals surface area contributed by atoms with E-state index < -0.39 is 0 Å². The molecule has 12 aromatic carbocycles. The molecule has 0 saturated heterocycles. The monoisotopic (exact) mass is 853 g/mol. The summed E-state index contributed by atoms with van der Waals surface area (Å²) in [4.78, 5) is 4.73. The normalized spacial score (nSPS) is 11.6. The van der Waals surface area contributed by atoms with Crippen molar-refractivity contribution in [2.45, 2.75) is 0 Å². The van der Waals surface area contributed by atoms with Crippen molar-refractivity contribution >= 4 is 99.0 Å². The number of hydrogen-bond acceptors (Lipinski definition) is 2. The van der Waals surface area contributed by atoms with Gasteiger partial charge in [0, 0.05) is 50.6 Å². The van der Waals surface area contributed by atoms with Gasteiger partial charge in [-0.15, -0.1) is 0 Å². The topological polar surface area (TPSA) is 11.4 Å². The molecule has 0 fully saturated rings. The van der Waals surface area contributed by atoms with Crippen LogP contribution in [0.3, 0.4) is 0 Å². The van der Waals surface area contributed by atoms with Gasteiger partial charge < -0.3 is 14.4 Å². The molecule has 0 aliphatic heterocycles. The minimum atomic E-state index is 1.10. The molecule has 0 amide bonds. The lowest BCUT2D eigenvalue weighted by Gasteiger charge is -2.27. The van der Waals surface area contributed by atoms with Gasteiger partial charge in [-0.3, -0.25) is 0 Å². The van der Waals surface area contributed by atoms with Crippen LogP contribution in [0.5, 0.6) is 0 Å². The second kappa shape index (κ2) is 16.0. The molecule has 1 aromatic heterocycles. The zero-order chi connectivity index (χ0) is 44.3. The number of anilines is 6. The Balaban J connectivity index is 1.08. The number of hydrogen-bond donors (Lipinski definition) is 0. The summed E-state index contributed by atoms with van der Waals surface area (Å²) in [6.45, 7) is 0. The zero-order valence-corrected chi connectivity index (χ0v) is 36.7. The first-order valence-electron chi connectivity index (χ1n) is 23.0. The van der Waals surface area contributed by atoms with Crippen molar-refractivity contribution in [3.8, 4) is 16.8 Å². The van der Waals surface area contributed by atoms with E-state index in [1.165, 1.54) is 76.0 Å². The molecule has 13 rings (SSSR count). The number of fused-ring (bicyclic) bond motifs is 11. The summed E-state index contributed by atoms with van der Waals surface area (Å²) in [5.74, 6) is 0. The molecule has 0 aliphatic rings. The van der Waals surface area contributed by atoms with Gasteiger partial charge in [0.2, 0.25) is 0 Å². The third kappa shape index (κ3) is 6.51. The molecule has 13 aromatic rings. The minimum absolute atomic E-state index is 1.10. The third-order valence-corrected chi connectivity index (χ3v) is 13.5. The lowest BCUT2D eigenvalue weighted by molar-refractivity contribution is 1.18. The highest BCUT2D eigenvalue weighted by Crippen LogP contribution is 2.46. The van der Waals surface area contributed by atoms with E-state index in [1.807, 2.05) is 0 Å². The summed E-state index contributed by atoms with van der Waals surface area (Å²) in [6, 6.07) is 94.9. The van der Waals surface area contributed by atoms with Gasteiger partial charge in [-0.2, -0.15) is 0 Å². The van der Waals surface area contributed by atoms with Crippen molar-refractivity contribution in [1.29, 1.82) is 0 Å². The standard InChI is InChI=1S/C64H43N3/c1-6-18-44(19-7-1)45-30-33-51(34-31-45)67-62-29-17-16-28-56(62)64-57-43-61-55-38-36-53(66(49-24-12-4-13-25-49)50-26-14-5-15-27-50)42-60(55)59-41-52(35-37-54(59)58(61)40-46(57)32-39-63(64)67)65(47-20-8-2-9-21-47)48-22-10-3-11-23-48/h1-43H. The Hall–Kier alpha value is -8.92. The SMILES string of the molecule is c1ccc(-c2ccc(-n3c4ccccc4c4c5cc6c7ccc(N(c8ccccc8)c8ccccc8)cc7c7cc(N(c8ccccc8)c8ccccc8)ccc7c6cc5ccc43)cc2)cc1. The van der Waals surface area contributed by atoms with Crippen molar-refractivity contribution in [1.82, 2.24) is 4.57 Å². The van der Waals surface area contributed by atoms with Gasteiger partial charge in [0.15, 0.2) is 0 Å². The lowest BCUT2D eigenvalue weighted by Crippen LogP contribution is -2.10. The molecule has 0 atom stereocenters. The van der Waals surface area contributed by atoms with Crippen LogP contribution >= 0.6 is 0 Å². The van der Waals surface area contributed by atoms with Gasteiger partial charge in [-0.05, 0) is 163 Å². The van der Waals surface area contributed by atoms with E-state index in [4.69, 9.17) is 0 Å². The molecular weight excluding hydrogens is 811 g/mol. The maximum absolute atomic E-state index is 2.48. The summed E-state index contributed by atoms with van der Waals surface area (Å²) in [6.07, 6.45) is 0.